The van der Waals surface area contributed by atoms with Crippen LogP contribution in [0.3, 0.4) is 0 Å². The van der Waals surface area contributed by atoms with Crippen LogP contribution in [-0.2, 0) is 16.6 Å². The highest BCUT2D eigenvalue weighted by Gasteiger charge is 2.28. The zero-order valence-electron chi connectivity index (χ0n) is 14.4. The summed E-state index contributed by atoms with van der Waals surface area (Å²) >= 11 is 0. The summed E-state index contributed by atoms with van der Waals surface area (Å²) in [5.41, 5.74) is 0. The third kappa shape index (κ3) is 4.39. The zero-order chi connectivity index (χ0) is 17.7. The minimum absolute atomic E-state index is 0.320. The van der Waals surface area contributed by atoms with Crippen LogP contribution in [-0.4, -0.2) is 66.7 Å². The molecule has 136 valence electrons. The van der Waals surface area contributed by atoms with Gasteiger partial charge in [0.2, 0.25) is 10.0 Å². The molecule has 1 fully saturated rings. The van der Waals surface area contributed by atoms with E-state index in [0.717, 1.165) is 26.2 Å². The lowest BCUT2D eigenvalue weighted by atomic mass is 10.3. The van der Waals surface area contributed by atoms with E-state index >= 15 is 0 Å². The Balaban J connectivity index is 1.55. The third-order valence-corrected chi connectivity index (χ3v) is 6.22. The van der Waals surface area contributed by atoms with E-state index in [-0.39, 0.29) is 0 Å². The van der Waals surface area contributed by atoms with Crippen molar-refractivity contribution in [1.82, 2.24) is 19.0 Å². The lowest BCUT2D eigenvalue weighted by Gasteiger charge is -2.33. The van der Waals surface area contributed by atoms with Gasteiger partial charge in [-0.25, -0.2) is 8.42 Å². The van der Waals surface area contributed by atoms with Crippen LogP contribution in [0.1, 0.15) is 6.92 Å². The summed E-state index contributed by atoms with van der Waals surface area (Å²) in [5, 5.41) is 4.19. The summed E-state index contributed by atoms with van der Waals surface area (Å²) in [6, 6.07) is 8.55. The first-order valence-electron chi connectivity index (χ1n) is 8.52. The average Bonchev–Trinajstić information content (AvgIpc) is 3.15. The highest BCUT2D eigenvalue weighted by Crippen LogP contribution is 2.20. The Morgan fingerprint density at radius 3 is 2.40 bits per heavy atom. The standard InChI is InChI=1S/C17H24N4O3S/c1-2-24-16-4-6-17(7-5-16)25(22,23)21-14-11-19(12-15-21)10-13-20-9-3-8-18-20/h3-9H,2,10-15H2,1H3. The Bertz CT molecular complexity index is 752. The predicted octanol–water partition coefficient (Wildman–Crippen LogP) is 1.29. The third-order valence-electron chi connectivity index (χ3n) is 4.31. The molecule has 1 aliphatic heterocycles. The van der Waals surface area contributed by atoms with Crippen LogP contribution in [0.2, 0.25) is 0 Å². The van der Waals surface area contributed by atoms with E-state index in [4.69, 9.17) is 4.74 Å². The van der Waals surface area contributed by atoms with E-state index in [2.05, 4.69) is 10.00 Å². The first-order valence-corrected chi connectivity index (χ1v) is 9.96. The number of hydrogen-bond donors (Lipinski definition) is 0. The topological polar surface area (TPSA) is 67.7 Å². The van der Waals surface area contributed by atoms with Crippen LogP contribution in [0.5, 0.6) is 5.75 Å². The molecule has 2 aromatic rings. The summed E-state index contributed by atoms with van der Waals surface area (Å²) in [6.07, 6.45) is 3.70. The minimum Gasteiger partial charge on any atom is -0.494 e. The Morgan fingerprint density at radius 2 is 1.80 bits per heavy atom. The number of sulfonamides is 1. The van der Waals surface area contributed by atoms with Gasteiger partial charge in [-0.05, 0) is 37.3 Å². The number of rotatable bonds is 7. The van der Waals surface area contributed by atoms with Crippen LogP contribution in [0.4, 0.5) is 0 Å². The van der Waals surface area contributed by atoms with Gasteiger partial charge in [0.05, 0.1) is 18.0 Å². The van der Waals surface area contributed by atoms with E-state index in [9.17, 15) is 8.42 Å². The van der Waals surface area contributed by atoms with Crippen LogP contribution in [0.15, 0.2) is 47.6 Å². The molecule has 0 atom stereocenters. The highest BCUT2D eigenvalue weighted by molar-refractivity contribution is 7.89. The molecule has 1 aromatic heterocycles. The molecule has 0 unspecified atom stereocenters. The second-order valence-electron chi connectivity index (χ2n) is 5.92. The molecule has 0 amide bonds. The van der Waals surface area contributed by atoms with Crippen molar-refractivity contribution in [2.24, 2.45) is 0 Å². The number of piperazine rings is 1. The van der Waals surface area contributed by atoms with E-state index < -0.39 is 10.0 Å². The SMILES string of the molecule is CCOc1ccc(S(=O)(=O)N2CCN(CCn3cccn3)CC2)cc1. The van der Waals surface area contributed by atoms with Gasteiger partial charge in [-0.2, -0.15) is 9.40 Å². The summed E-state index contributed by atoms with van der Waals surface area (Å²) in [7, 11) is -3.44. The van der Waals surface area contributed by atoms with E-state index in [1.54, 1.807) is 34.8 Å². The molecule has 0 radical (unpaired) electrons. The number of nitrogens with zero attached hydrogens (tertiary/aromatic N) is 4. The van der Waals surface area contributed by atoms with Gasteiger partial charge in [-0.15, -0.1) is 0 Å². The van der Waals surface area contributed by atoms with E-state index in [1.165, 1.54) is 0 Å². The van der Waals surface area contributed by atoms with Crippen molar-refractivity contribution in [3.63, 3.8) is 0 Å². The van der Waals surface area contributed by atoms with Crippen LogP contribution in [0, 0.1) is 0 Å². The van der Waals surface area contributed by atoms with Crippen molar-refractivity contribution < 1.29 is 13.2 Å². The molecular weight excluding hydrogens is 340 g/mol. The molecule has 3 rings (SSSR count). The molecule has 8 heteroatoms. The highest BCUT2D eigenvalue weighted by atomic mass is 32.2. The first-order chi connectivity index (χ1) is 12.1. The number of hydrogen-bond acceptors (Lipinski definition) is 5. The molecule has 0 aliphatic carbocycles. The fraction of sp³-hybridized carbons (Fsp3) is 0.471. The summed E-state index contributed by atoms with van der Waals surface area (Å²) in [4.78, 5) is 2.59. The Hall–Kier alpha value is -1.90. The molecule has 0 bridgehead atoms. The van der Waals surface area contributed by atoms with Crippen molar-refractivity contribution in [3.05, 3.63) is 42.7 Å². The number of benzene rings is 1. The lowest BCUT2D eigenvalue weighted by molar-refractivity contribution is 0.181. The number of aromatic nitrogens is 2. The maximum atomic E-state index is 12.8. The summed E-state index contributed by atoms with van der Waals surface area (Å²) in [6.45, 7) is 6.64. The van der Waals surface area contributed by atoms with Gasteiger partial charge in [0.1, 0.15) is 5.75 Å². The molecule has 1 aromatic carbocycles. The second-order valence-corrected chi connectivity index (χ2v) is 7.86. The normalized spacial score (nSPS) is 16.8. The van der Waals surface area contributed by atoms with Gasteiger partial charge >= 0.3 is 0 Å². The van der Waals surface area contributed by atoms with E-state index in [0.29, 0.717) is 30.3 Å². The first kappa shape index (κ1) is 17.9. The van der Waals surface area contributed by atoms with Crippen molar-refractivity contribution >= 4 is 10.0 Å². The van der Waals surface area contributed by atoms with Crippen LogP contribution < -0.4 is 4.74 Å². The average molecular weight is 364 g/mol. The molecule has 25 heavy (non-hydrogen) atoms. The Labute approximate surface area is 148 Å². The van der Waals surface area contributed by atoms with Crippen molar-refractivity contribution in [3.8, 4) is 5.75 Å². The molecule has 1 aliphatic rings. The van der Waals surface area contributed by atoms with Crippen LogP contribution >= 0.6 is 0 Å². The Morgan fingerprint density at radius 1 is 1.08 bits per heavy atom. The monoisotopic (exact) mass is 364 g/mol. The minimum atomic E-state index is -3.44. The van der Waals surface area contributed by atoms with Gasteiger partial charge in [0.25, 0.3) is 0 Å². The number of ether oxygens (including phenoxy) is 1. The molecule has 0 N–H and O–H groups in total. The quantitative estimate of drug-likeness (QED) is 0.741. The maximum Gasteiger partial charge on any atom is 0.243 e. The van der Waals surface area contributed by atoms with Gasteiger partial charge in [0, 0.05) is 45.1 Å². The van der Waals surface area contributed by atoms with Gasteiger partial charge in [-0.1, -0.05) is 0 Å². The lowest BCUT2D eigenvalue weighted by Crippen LogP contribution is -2.49. The molecule has 2 heterocycles. The largest absolute Gasteiger partial charge is 0.494 e. The maximum absolute atomic E-state index is 12.8. The molecule has 7 nitrogen and oxygen atoms in total. The summed E-state index contributed by atoms with van der Waals surface area (Å²) < 4.78 is 34.3. The van der Waals surface area contributed by atoms with Crippen molar-refractivity contribution in [2.45, 2.75) is 18.4 Å². The Kier molecular flexibility index (Phi) is 5.72. The van der Waals surface area contributed by atoms with E-state index in [1.807, 2.05) is 23.9 Å². The molecule has 0 spiro atoms. The van der Waals surface area contributed by atoms with Gasteiger partial charge < -0.3 is 4.74 Å². The molecule has 1 saturated heterocycles. The molecule has 0 saturated carbocycles. The van der Waals surface area contributed by atoms with Crippen LogP contribution in [0.25, 0.3) is 0 Å². The summed E-state index contributed by atoms with van der Waals surface area (Å²) in [5.74, 6) is 0.685. The second kappa shape index (κ2) is 7.99. The van der Waals surface area contributed by atoms with Crippen molar-refractivity contribution in [1.29, 1.82) is 0 Å². The van der Waals surface area contributed by atoms with Gasteiger partial charge in [0.15, 0.2) is 0 Å². The fourth-order valence-electron chi connectivity index (χ4n) is 2.89. The van der Waals surface area contributed by atoms with Crippen molar-refractivity contribution in [2.75, 3.05) is 39.3 Å². The zero-order valence-corrected chi connectivity index (χ0v) is 15.2. The smallest absolute Gasteiger partial charge is 0.243 e. The van der Waals surface area contributed by atoms with Gasteiger partial charge in [-0.3, -0.25) is 9.58 Å². The fourth-order valence-corrected chi connectivity index (χ4v) is 4.32. The molecular formula is C17H24N4O3S. The predicted molar refractivity (Wildman–Crippen MR) is 95.0 cm³/mol.